The van der Waals surface area contributed by atoms with Crippen molar-refractivity contribution < 1.29 is 4.79 Å². The predicted octanol–water partition coefficient (Wildman–Crippen LogP) is 2.22. The zero-order valence-corrected chi connectivity index (χ0v) is 15.5. The van der Waals surface area contributed by atoms with Crippen LogP contribution >= 0.6 is 0 Å². The van der Waals surface area contributed by atoms with E-state index in [1.165, 1.54) is 0 Å². The van der Waals surface area contributed by atoms with Crippen molar-refractivity contribution in [3.8, 4) is 11.3 Å². The Hall–Kier alpha value is -3.42. The standard InChI is InChI=1S/C20H20N6O2/c1-13(27)24-9-4-5-14(12-24)26-19-17(23-20(26)28)8-7-16(22-19)15-11-21-25-10-3-2-6-18(15)25/h2-3,6-8,10-11,14H,4-5,9,12H2,1H3,(H,23,28). The van der Waals surface area contributed by atoms with Crippen molar-refractivity contribution in [3.05, 3.63) is 53.2 Å². The number of aromatic amines is 1. The maximum atomic E-state index is 12.7. The Morgan fingerprint density at radius 2 is 2.14 bits per heavy atom. The number of nitrogens with one attached hydrogen (secondary N) is 1. The monoisotopic (exact) mass is 376 g/mol. The molecule has 142 valence electrons. The Kier molecular flexibility index (Phi) is 3.78. The molecule has 0 saturated carbocycles. The van der Waals surface area contributed by atoms with E-state index in [0.29, 0.717) is 17.7 Å². The summed E-state index contributed by atoms with van der Waals surface area (Å²) in [5, 5.41) is 4.38. The lowest BCUT2D eigenvalue weighted by molar-refractivity contribution is -0.130. The van der Waals surface area contributed by atoms with Gasteiger partial charge in [0.05, 0.1) is 29.0 Å². The number of aromatic nitrogens is 5. The molecule has 1 saturated heterocycles. The summed E-state index contributed by atoms with van der Waals surface area (Å²) in [6.45, 7) is 2.84. The average Bonchev–Trinajstić information content (AvgIpc) is 3.27. The van der Waals surface area contributed by atoms with Crippen LogP contribution in [0.25, 0.3) is 27.9 Å². The van der Waals surface area contributed by atoms with Gasteiger partial charge in [0.15, 0.2) is 5.65 Å². The largest absolute Gasteiger partial charge is 0.341 e. The number of carbonyl (C=O) groups is 1. The molecule has 1 unspecified atom stereocenters. The Morgan fingerprint density at radius 1 is 1.25 bits per heavy atom. The number of hydrogen-bond donors (Lipinski definition) is 1. The van der Waals surface area contributed by atoms with Gasteiger partial charge < -0.3 is 9.88 Å². The van der Waals surface area contributed by atoms with E-state index in [9.17, 15) is 9.59 Å². The highest BCUT2D eigenvalue weighted by molar-refractivity contribution is 5.82. The molecule has 8 nitrogen and oxygen atoms in total. The van der Waals surface area contributed by atoms with Gasteiger partial charge in [0.2, 0.25) is 5.91 Å². The van der Waals surface area contributed by atoms with Crippen LogP contribution < -0.4 is 5.69 Å². The van der Waals surface area contributed by atoms with E-state index in [2.05, 4.69) is 10.1 Å². The number of rotatable bonds is 2. The number of imidazole rings is 1. The molecule has 1 N–H and O–H groups in total. The number of piperidine rings is 1. The third-order valence-electron chi connectivity index (χ3n) is 5.47. The molecule has 5 rings (SSSR count). The van der Waals surface area contributed by atoms with Crippen LogP contribution in [0.15, 0.2) is 47.5 Å². The summed E-state index contributed by atoms with van der Waals surface area (Å²) in [6.07, 6.45) is 5.40. The fraction of sp³-hybridized carbons (Fsp3) is 0.300. The number of hydrogen-bond acceptors (Lipinski definition) is 4. The van der Waals surface area contributed by atoms with Crippen molar-refractivity contribution in [2.45, 2.75) is 25.8 Å². The number of carbonyl (C=O) groups excluding carboxylic acids is 1. The second-order valence-corrected chi connectivity index (χ2v) is 7.22. The lowest BCUT2D eigenvalue weighted by atomic mass is 10.1. The van der Waals surface area contributed by atoms with Gasteiger partial charge in [-0.2, -0.15) is 5.10 Å². The molecule has 4 aromatic heterocycles. The molecule has 0 radical (unpaired) electrons. The minimum atomic E-state index is -0.185. The molecule has 1 fully saturated rings. The summed E-state index contributed by atoms with van der Waals surface area (Å²) in [5.41, 5.74) is 3.77. The topological polar surface area (TPSA) is 88.3 Å². The van der Waals surface area contributed by atoms with E-state index >= 15 is 0 Å². The van der Waals surface area contributed by atoms with Gasteiger partial charge in [-0.25, -0.2) is 14.3 Å². The maximum Gasteiger partial charge on any atom is 0.327 e. The zero-order valence-electron chi connectivity index (χ0n) is 15.5. The summed E-state index contributed by atoms with van der Waals surface area (Å²) in [5.74, 6) is 0.0394. The normalized spacial score (nSPS) is 17.5. The van der Waals surface area contributed by atoms with Crippen LogP contribution in [0, 0.1) is 0 Å². The fourth-order valence-electron chi connectivity index (χ4n) is 4.07. The highest BCUT2D eigenvalue weighted by atomic mass is 16.2. The first kappa shape index (κ1) is 16.7. The van der Waals surface area contributed by atoms with Crippen LogP contribution in [0.2, 0.25) is 0 Å². The van der Waals surface area contributed by atoms with Crippen LogP contribution in [0.1, 0.15) is 25.8 Å². The predicted molar refractivity (Wildman–Crippen MR) is 105 cm³/mol. The molecule has 28 heavy (non-hydrogen) atoms. The number of H-pyrrole nitrogens is 1. The Balaban J connectivity index is 1.63. The third kappa shape index (κ3) is 2.60. The van der Waals surface area contributed by atoms with E-state index in [1.807, 2.05) is 36.5 Å². The molecule has 5 heterocycles. The van der Waals surface area contributed by atoms with E-state index in [-0.39, 0.29) is 17.6 Å². The van der Waals surface area contributed by atoms with Gasteiger partial charge in [-0.1, -0.05) is 6.07 Å². The van der Waals surface area contributed by atoms with Gasteiger partial charge in [0, 0.05) is 31.8 Å². The minimum absolute atomic E-state index is 0.0394. The van der Waals surface area contributed by atoms with E-state index in [0.717, 1.165) is 36.2 Å². The van der Waals surface area contributed by atoms with Crippen molar-refractivity contribution in [1.29, 1.82) is 0 Å². The van der Waals surface area contributed by atoms with Crippen molar-refractivity contribution in [3.63, 3.8) is 0 Å². The number of amides is 1. The van der Waals surface area contributed by atoms with Crippen LogP contribution in [0.3, 0.4) is 0 Å². The Bertz CT molecular complexity index is 1250. The molecule has 1 aliphatic rings. The number of pyridine rings is 2. The molecule has 0 aromatic carbocycles. The lowest BCUT2D eigenvalue weighted by Crippen LogP contribution is -2.41. The molecule has 0 spiro atoms. The average molecular weight is 376 g/mol. The molecular weight excluding hydrogens is 356 g/mol. The van der Waals surface area contributed by atoms with Crippen LogP contribution in [-0.4, -0.2) is 48.0 Å². The summed E-state index contributed by atoms with van der Waals surface area (Å²) in [6, 6.07) is 9.58. The molecule has 1 aliphatic heterocycles. The van der Waals surface area contributed by atoms with Gasteiger partial charge in [0.25, 0.3) is 0 Å². The van der Waals surface area contributed by atoms with Crippen molar-refractivity contribution in [2.75, 3.05) is 13.1 Å². The first-order valence-electron chi connectivity index (χ1n) is 9.41. The second kappa shape index (κ2) is 6.33. The molecule has 4 aromatic rings. The molecule has 0 bridgehead atoms. The minimum Gasteiger partial charge on any atom is -0.341 e. The van der Waals surface area contributed by atoms with Gasteiger partial charge >= 0.3 is 5.69 Å². The van der Waals surface area contributed by atoms with Crippen LogP contribution in [-0.2, 0) is 4.79 Å². The smallest absolute Gasteiger partial charge is 0.327 e. The summed E-state index contributed by atoms with van der Waals surface area (Å²) < 4.78 is 3.51. The second-order valence-electron chi connectivity index (χ2n) is 7.22. The molecule has 0 aliphatic carbocycles. The van der Waals surface area contributed by atoms with E-state index in [1.54, 1.807) is 27.1 Å². The number of fused-ring (bicyclic) bond motifs is 2. The van der Waals surface area contributed by atoms with Crippen molar-refractivity contribution in [1.82, 2.24) is 29.0 Å². The van der Waals surface area contributed by atoms with E-state index < -0.39 is 0 Å². The molecule has 8 heteroatoms. The molecule has 1 atom stereocenters. The molecular formula is C20H20N6O2. The van der Waals surface area contributed by atoms with Gasteiger partial charge in [-0.15, -0.1) is 0 Å². The van der Waals surface area contributed by atoms with Crippen LogP contribution in [0.5, 0.6) is 0 Å². The fourth-order valence-corrected chi connectivity index (χ4v) is 4.07. The molecule has 1 amide bonds. The zero-order chi connectivity index (χ0) is 19.3. The van der Waals surface area contributed by atoms with Gasteiger partial charge in [-0.3, -0.25) is 9.36 Å². The summed E-state index contributed by atoms with van der Waals surface area (Å²) >= 11 is 0. The first-order chi connectivity index (χ1) is 13.6. The Labute approximate surface area is 160 Å². The van der Waals surface area contributed by atoms with Gasteiger partial charge in [0.1, 0.15) is 0 Å². The lowest BCUT2D eigenvalue weighted by Gasteiger charge is -2.32. The highest BCUT2D eigenvalue weighted by Crippen LogP contribution is 2.27. The summed E-state index contributed by atoms with van der Waals surface area (Å²) in [7, 11) is 0. The van der Waals surface area contributed by atoms with Gasteiger partial charge in [-0.05, 0) is 37.1 Å². The first-order valence-corrected chi connectivity index (χ1v) is 9.41. The van der Waals surface area contributed by atoms with Crippen molar-refractivity contribution in [2.24, 2.45) is 0 Å². The number of likely N-dealkylation sites (tertiary alicyclic amines) is 1. The maximum absolute atomic E-state index is 12.7. The third-order valence-corrected chi connectivity index (χ3v) is 5.47. The Morgan fingerprint density at radius 3 is 3.00 bits per heavy atom. The summed E-state index contributed by atoms with van der Waals surface area (Å²) in [4.78, 5) is 34.0. The van der Waals surface area contributed by atoms with Crippen LogP contribution in [0.4, 0.5) is 0 Å². The van der Waals surface area contributed by atoms with Crippen molar-refractivity contribution >= 4 is 22.6 Å². The highest BCUT2D eigenvalue weighted by Gasteiger charge is 2.26. The number of nitrogens with zero attached hydrogens (tertiary/aromatic N) is 5. The van der Waals surface area contributed by atoms with E-state index in [4.69, 9.17) is 4.98 Å². The quantitative estimate of drug-likeness (QED) is 0.581. The SMILES string of the molecule is CC(=O)N1CCCC(n2c(=O)[nH]c3ccc(-c4cnn5ccccc45)nc32)C1.